The molecule has 0 unspecified atom stereocenters. The first kappa shape index (κ1) is 25.1. The fourth-order valence-corrected chi connectivity index (χ4v) is 5.98. The van der Waals surface area contributed by atoms with E-state index >= 15 is 0 Å². The first-order valence-corrected chi connectivity index (χ1v) is 14.2. The third kappa shape index (κ3) is 4.76. The summed E-state index contributed by atoms with van der Waals surface area (Å²) >= 11 is 0. The number of rotatable bonds is 8. The van der Waals surface area contributed by atoms with E-state index in [0.717, 1.165) is 47.0 Å². The minimum Gasteiger partial charge on any atom is -0.253 e. The maximum absolute atomic E-state index is 6.54. The van der Waals surface area contributed by atoms with Gasteiger partial charge in [-0.2, -0.15) is 12.2 Å². The van der Waals surface area contributed by atoms with E-state index in [1.165, 1.54) is 47.1 Å². The minimum absolute atomic E-state index is 0.912. The van der Waals surface area contributed by atoms with Crippen LogP contribution in [0.3, 0.4) is 0 Å². The Kier molecular flexibility index (Phi) is 6.78. The molecule has 3 aliphatic rings. The molecule has 3 aromatic rings. The van der Waals surface area contributed by atoms with Crippen LogP contribution in [0.2, 0.25) is 0 Å². The topological polar surface area (TPSA) is 24.0 Å². The molecule has 198 valence electrons. The third-order valence-corrected chi connectivity index (χ3v) is 7.75. The Morgan fingerprint density at radius 3 is 2.51 bits per heavy atom. The van der Waals surface area contributed by atoms with Gasteiger partial charge in [0, 0.05) is 17.7 Å². The van der Waals surface area contributed by atoms with Crippen LogP contribution in [0.5, 0.6) is 0 Å². The Morgan fingerprint density at radius 1 is 0.949 bits per heavy atom. The van der Waals surface area contributed by atoms with E-state index in [-0.39, 0.29) is 0 Å². The lowest BCUT2D eigenvalue weighted by Crippen LogP contribution is -2.47. The maximum Gasteiger partial charge on any atom is 0.353 e. The molecule has 4 nitrogen and oxygen atoms in total. The van der Waals surface area contributed by atoms with Crippen molar-refractivity contribution in [3.05, 3.63) is 115 Å². The number of nitrogens with zero attached hydrogens (tertiary/aromatic N) is 3. The molecule has 1 aromatic heterocycles. The molecule has 0 atom stereocenters. The Labute approximate surface area is 231 Å². The van der Waals surface area contributed by atoms with E-state index in [2.05, 4.69) is 134 Å². The second-order valence-corrected chi connectivity index (χ2v) is 10.8. The van der Waals surface area contributed by atoms with Gasteiger partial charge in [0.1, 0.15) is 0 Å². The summed E-state index contributed by atoms with van der Waals surface area (Å²) in [7, 11) is 0. The molecule has 2 heterocycles. The van der Waals surface area contributed by atoms with Crippen molar-refractivity contribution < 1.29 is 13.7 Å². The second-order valence-electron chi connectivity index (χ2n) is 10.8. The van der Waals surface area contributed by atoms with E-state index in [1.54, 1.807) is 0 Å². The molecule has 39 heavy (non-hydrogen) atoms. The third-order valence-electron chi connectivity index (χ3n) is 7.75. The van der Waals surface area contributed by atoms with Gasteiger partial charge in [-0.1, -0.05) is 48.2 Å². The van der Waals surface area contributed by atoms with Crippen LogP contribution in [0, 0.1) is 33.2 Å². The zero-order chi connectivity index (χ0) is 26.9. The lowest BCUT2D eigenvalue weighted by molar-refractivity contribution is -0.771. The average Bonchev–Trinajstić information content (AvgIpc) is 3.52. The summed E-state index contributed by atoms with van der Waals surface area (Å²) in [5.41, 5.74) is 9.56. The van der Waals surface area contributed by atoms with Gasteiger partial charge in [0.2, 0.25) is 0 Å². The van der Waals surface area contributed by atoms with E-state index < -0.39 is 0 Å². The fourth-order valence-electron chi connectivity index (χ4n) is 5.98. The molecular weight excluding hydrogens is 478 g/mol. The SMILES string of the molecule is CCCCCCn1c[n+](-[c-]2cccc3c4cc(-c5c(C)cc(C)cc5C)ccc4[o+]c2-3)c[n+]1[C-]1C=C[CH-]C=C1. The van der Waals surface area contributed by atoms with Gasteiger partial charge in [-0.15, -0.1) is 16.8 Å². The number of hydrogen-bond acceptors (Lipinski definition) is 0. The summed E-state index contributed by atoms with van der Waals surface area (Å²) in [4.78, 5) is 0. The highest BCUT2D eigenvalue weighted by Gasteiger charge is 2.29. The summed E-state index contributed by atoms with van der Waals surface area (Å²) in [6.07, 6.45) is 19.8. The van der Waals surface area contributed by atoms with Gasteiger partial charge in [-0.05, 0) is 68.0 Å². The predicted molar refractivity (Wildman–Crippen MR) is 158 cm³/mol. The Balaban J connectivity index is 1.41. The van der Waals surface area contributed by atoms with Crippen LogP contribution < -0.4 is 9.25 Å². The molecule has 1 aliphatic heterocycles. The van der Waals surface area contributed by atoms with Crippen LogP contribution in [0.1, 0.15) is 49.3 Å². The van der Waals surface area contributed by atoms with Crippen LogP contribution in [-0.4, -0.2) is 4.68 Å². The first-order chi connectivity index (χ1) is 19.0. The molecule has 0 saturated heterocycles. The van der Waals surface area contributed by atoms with Crippen LogP contribution in [0.25, 0.3) is 39.1 Å². The van der Waals surface area contributed by atoms with Gasteiger partial charge in [0.15, 0.2) is 12.2 Å². The number of furan rings is 1. The Bertz CT molecular complexity index is 1630. The number of aryl methyl sites for hydroxylation is 4. The molecule has 0 amide bonds. The molecule has 6 rings (SSSR count). The van der Waals surface area contributed by atoms with E-state index in [0.29, 0.717) is 0 Å². The average molecular weight is 516 g/mol. The summed E-state index contributed by atoms with van der Waals surface area (Å²) in [6, 6.07) is 18.8. The molecule has 4 heteroatoms. The predicted octanol–water partition coefficient (Wildman–Crippen LogP) is 7.79. The molecule has 0 saturated carbocycles. The highest BCUT2D eigenvalue weighted by atomic mass is 16.3. The monoisotopic (exact) mass is 515 g/mol. The first-order valence-electron chi connectivity index (χ1n) is 14.2. The fraction of sp³-hybridized carbons (Fsp3) is 0.257. The number of aromatic nitrogens is 3. The van der Waals surface area contributed by atoms with Crippen molar-refractivity contribution in [2.24, 2.45) is 0 Å². The number of benzene rings is 3. The van der Waals surface area contributed by atoms with Crippen LogP contribution >= 0.6 is 0 Å². The number of unbranched alkanes of at least 4 members (excludes halogenated alkanes) is 3. The molecule has 2 aromatic carbocycles. The van der Waals surface area contributed by atoms with Crippen molar-refractivity contribution in [2.75, 3.05) is 0 Å². The molecule has 0 fully saturated rings. The second kappa shape index (κ2) is 10.5. The summed E-state index contributed by atoms with van der Waals surface area (Å²) in [5, 5.41) is 1.15. The molecular formula is C35H37N3O. The lowest BCUT2D eigenvalue weighted by atomic mass is 9.92. The van der Waals surface area contributed by atoms with Gasteiger partial charge in [-0.3, -0.25) is 6.42 Å². The lowest BCUT2D eigenvalue weighted by Gasteiger charge is -2.18. The molecule has 0 spiro atoms. The molecule has 0 radical (unpaired) electrons. The highest BCUT2D eigenvalue weighted by Crippen LogP contribution is 2.39. The van der Waals surface area contributed by atoms with Gasteiger partial charge >= 0.3 is 11.3 Å². The highest BCUT2D eigenvalue weighted by molar-refractivity contribution is 5.99. The number of fused-ring (bicyclic) bond motifs is 3. The van der Waals surface area contributed by atoms with Crippen LogP contribution in [0.15, 0.2) is 89.9 Å². The normalized spacial score (nSPS) is 13.1. The Morgan fingerprint density at radius 2 is 1.74 bits per heavy atom. The molecule has 0 bridgehead atoms. The van der Waals surface area contributed by atoms with Crippen LogP contribution in [-0.2, 0) is 6.54 Å². The largest absolute Gasteiger partial charge is 0.353 e. The van der Waals surface area contributed by atoms with Crippen LogP contribution in [0.4, 0.5) is 0 Å². The number of hydrogen-bond donors (Lipinski definition) is 0. The van der Waals surface area contributed by atoms with Gasteiger partial charge < -0.3 is 0 Å². The standard InChI is InChI=1S/C35H37N3O/c1-5-6-7-11-19-37-23-36(24-38(37)29-13-9-8-10-14-29)32-16-12-15-30-31-22-28(17-18-33(31)39-35(30)32)34-26(3)20-25(2)21-27(34)4/h8-10,12-18,20-24H,5-7,11,19H2,1-4H3. The smallest absolute Gasteiger partial charge is 0.253 e. The van der Waals surface area contributed by atoms with Gasteiger partial charge in [-0.25, -0.2) is 21.1 Å². The summed E-state index contributed by atoms with van der Waals surface area (Å²) < 4.78 is 13.3. The van der Waals surface area contributed by atoms with E-state index in [1.807, 2.05) is 0 Å². The number of allylic oxidation sites excluding steroid dienone is 4. The summed E-state index contributed by atoms with van der Waals surface area (Å²) in [6.45, 7) is 9.80. The minimum atomic E-state index is 0.912. The molecule has 0 N–H and O–H groups in total. The van der Waals surface area contributed by atoms with E-state index in [9.17, 15) is 0 Å². The van der Waals surface area contributed by atoms with Crippen molar-refractivity contribution in [1.82, 2.24) is 4.68 Å². The zero-order valence-electron chi connectivity index (χ0n) is 23.4. The molecule has 2 aliphatic carbocycles. The van der Waals surface area contributed by atoms with Gasteiger partial charge in [0.05, 0.1) is 5.39 Å². The van der Waals surface area contributed by atoms with Crippen molar-refractivity contribution in [3.8, 4) is 28.1 Å². The van der Waals surface area contributed by atoms with Crippen molar-refractivity contribution in [2.45, 2.75) is 59.9 Å². The number of para-hydroxylation sites is 1. The van der Waals surface area contributed by atoms with Crippen molar-refractivity contribution in [3.63, 3.8) is 0 Å². The summed E-state index contributed by atoms with van der Waals surface area (Å²) in [5.74, 6) is 0.912. The quantitative estimate of drug-likeness (QED) is 0.0896. The van der Waals surface area contributed by atoms with Crippen molar-refractivity contribution >= 4 is 11.0 Å². The van der Waals surface area contributed by atoms with E-state index in [4.69, 9.17) is 4.42 Å². The Hall–Kier alpha value is -4.18. The van der Waals surface area contributed by atoms with Gasteiger partial charge in [0.25, 0.3) is 12.7 Å². The zero-order valence-corrected chi connectivity index (χ0v) is 23.4. The maximum atomic E-state index is 6.54. The van der Waals surface area contributed by atoms with Crippen molar-refractivity contribution in [1.29, 1.82) is 0 Å².